The number of halogens is 1. The standard InChI is InChI=1S/C23H23FN4/c1-16-3-4-21(24)19-6-8-28(23(16)19)18-13-17-5-7-25-15-20(17)22(14-18)27-11-9-26(2)10-12-27/h3-8,13-15H,9-12H2,1-2H3. The molecule has 2 aromatic carbocycles. The molecule has 4 nitrogen and oxygen atoms in total. The summed E-state index contributed by atoms with van der Waals surface area (Å²) < 4.78 is 16.4. The van der Waals surface area contributed by atoms with E-state index in [9.17, 15) is 4.39 Å². The minimum atomic E-state index is -0.177. The topological polar surface area (TPSA) is 24.3 Å². The molecular formula is C23H23FN4. The Labute approximate surface area is 163 Å². The molecule has 0 spiro atoms. The van der Waals surface area contributed by atoms with Crippen LogP contribution in [0.15, 0.2) is 55.0 Å². The lowest BCUT2D eigenvalue weighted by atomic mass is 10.1. The van der Waals surface area contributed by atoms with E-state index < -0.39 is 0 Å². The van der Waals surface area contributed by atoms with E-state index in [0.29, 0.717) is 5.39 Å². The molecule has 5 heteroatoms. The summed E-state index contributed by atoms with van der Waals surface area (Å²) >= 11 is 0. The van der Waals surface area contributed by atoms with E-state index in [4.69, 9.17) is 0 Å². The predicted molar refractivity (Wildman–Crippen MR) is 113 cm³/mol. The molecule has 1 aliphatic heterocycles. The number of pyridine rings is 1. The molecule has 5 rings (SSSR count). The third kappa shape index (κ3) is 2.74. The number of nitrogens with zero attached hydrogens (tertiary/aromatic N) is 4. The van der Waals surface area contributed by atoms with E-state index in [2.05, 4.69) is 44.6 Å². The first kappa shape index (κ1) is 17.2. The van der Waals surface area contributed by atoms with Crippen LogP contribution in [0.4, 0.5) is 10.1 Å². The second kappa shape index (κ2) is 6.60. The van der Waals surface area contributed by atoms with Crippen molar-refractivity contribution >= 4 is 27.4 Å². The highest BCUT2D eigenvalue weighted by molar-refractivity contribution is 5.96. The number of hydrogen-bond acceptors (Lipinski definition) is 3. The second-order valence-electron chi connectivity index (χ2n) is 7.66. The lowest BCUT2D eigenvalue weighted by Crippen LogP contribution is -2.44. The number of likely N-dealkylation sites (N-methyl/N-ethyl adjacent to an activating group) is 1. The van der Waals surface area contributed by atoms with Gasteiger partial charge in [-0.15, -0.1) is 0 Å². The van der Waals surface area contributed by atoms with E-state index in [1.807, 2.05) is 37.6 Å². The van der Waals surface area contributed by atoms with Crippen LogP contribution in [-0.2, 0) is 0 Å². The Bertz CT molecular complexity index is 1170. The Morgan fingerprint density at radius 2 is 1.79 bits per heavy atom. The number of piperazine rings is 1. The summed E-state index contributed by atoms with van der Waals surface area (Å²) in [5.41, 5.74) is 4.25. The first-order valence-corrected chi connectivity index (χ1v) is 9.69. The smallest absolute Gasteiger partial charge is 0.132 e. The summed E-state index contributed by atoms with van der Waals surface area (Å²) in [4.78, 5) is 9.15. The van der Waals surface area contributed by atoms with Crippen LogP contribution in [0.5, 0.6) is 0 Å². The van der Waals surface area contributed by atoms with Crippen LogP contribution in [0.3, 0.4) is 0 Å². The maximum Gasteiger partial charge on any atom is 0.132 e. The number of aryl methyl sites for hydroxylation is 1. The Morgan fingerprint density at radius 1 is 0.964 bits per heavy atom. The predicted octanol–water partition coefficient (Wildman–Crippen LogP) is 4.38. The zero-order valence-electron chi connectivity index (χ0n) is 16.2. The van der Waals surface area contributed by atoms with Crippen molar-refractivity contribution in [1.82, 2.24) is 14.5 Å². The van der Waals surface area contributed by atoms with E-state index in [1.165, 1.54) is 5.69 Å². The van der Waals surface area contributed by atoms with Crippen LogP contribution in [0.1, 0.15) is 5.56 Å². The molecule has 4 aromatic rings. The van der Waals surface area contributed by atoms with Gasteiger partial charge in [0.2, 0.25) is 0 Å². The molecular weight excluding hydrogens is 351 g/mol. The lowest BCUT2D eigenvalue weighted by molar-refractivity contribution is 0.313. The minimum Gasteiger partial charge on any atom is -0.368 e. The van der Waals surface area contributed by atoms with Crippen LogP contribution >= 0.6 is 0 Å². The molecule has 1 fully saturated rings. The summed E-state index contributed by atoms with van der Waals surface area (Å²) in [7, 11) is 2.16. The highest BCUT2D eigenvalue weighted by Gasteiger charge is 2.18. The minimum absolute atomic E-state index is 0.177. The van der Waals surface area contributed by atoms with Gasteiger partial charge in [-0.05, 0) is 55.3 Å². The quantitative estimate of drug-likeness (QED) is 0.520. The van der Waals surface area contributed by atoms with Crippen LogP contribution in [0.25, 0.3) is 27.4 Å². The van der Waals surface area contributed by atoms with Crippen molar-refractivity contribution in [1.29, 1.82) is 0 Å². The summed E-state index contributed by atoms with van der Waals surface area (Å²) in [6.07, 6.45) is 5.75. The summed E-state index contributed by atoms with van der Waals surface area (Å²) in [6.45, 7) is 6.10. The summed E-state index contributed by atoms with van der Waals surface area (Å²) in [5.74, 6) is -0.177. The third-order valence-corrected chi connectivity index (χ3v) is 5.84. The molecule has 0 N–H and O–H groups in total. The van der Waals surface area contributed by atoms with Gasteiger partial charge in [0.1, 0.15) is 5.82 Å². The fourth-order valence-electron chi connectivity index (χ4n) is 4.22. The number of aromatic nitrogens is 2. The molecule has 0 amide bonds. The van der Waals surface area contributed by atoms with Crippen molar-refractivity contribution in [2.75, 3.05) is 38.1 Å². The van der Waals surface area contributed by atoms with E-state index in [0.717, 1.165) is 53.7 Å². The largest absolute Gasteiger partial charge is 0.368 e. The van der Waals surface area contributed by atoms with Crippen LogP contribution in [0.2, 0.25) is 0 Å². The lowest BCUT2D eigenvalue weighted by Gasteiger charge is -2.35. The molecule has 142 valence electrons. The molecule has 3 heterocycles. The second-order valence-corrected chi connectivity index (χ2v) is 7.66. The Kier molecular flexibility index (Phi) is 4.05. The van der Waals surface area contributed by atoms with Gasteiger partial charge in [-0.1, -0.05) is 6.07 Å². The SMILES string of the molecule is Cc1ccc(F)c2ccn(-c3cc(N4CCN(C)CC4)c4cnccc4c3)c12. The maximum atomic E-state index is 14.3. The average Bonchev–Trinajstić information content (AvgIpc) is 3.17. The normalized spacial score (nSPS) is 15.6. The van der Waals surface area contributed by atoms with Crippen molar-refractivity contribution in [2.24, 2.45) is 0 Å². The molecule has 1 saturated heterocycles. The Balaban J connectivity index is 1.72. The van der Waals surface area contributed by atoms with E-state index >= 15 is 0 Å². The number of anilines is 1. The first-order chi connectivity index (χ1) is 13.6. The van der Waals surface area contributed by atoms with E-state index in [-0.39, 0.29) is 5.82 Å². The molecule has 0 radical (unpaired) electrons. The zero-order valence-corrected chi connectivity index (χ0v) is 16.2. The fourth-order valence-corrected chi connectivity index (χ4v) is 4.22. The van der Waals surface area contributed by atoms with Gasteiger partial charge >= 0.3 is 0 Å². The fraction of sp³-hybridized carbons (Fsp3) is 0.261. The van der Waals surface area contributed by atoms with Gasteiger partial charge in [0.05, 0.1) is 5.52 Å². The molecule has 0 bridgehead atoms. The van der Waals surface area contributed by atoms with Crippen LogP contribution < -0.4 is 4.90 Å². The third-order valence-electron chi connectivity index (χ3n) is 5.84. The highest BCUT2D eigenvalue weighted by atomic mass is 19.1. The van der Waals surface area contributed by atoms with Crippen LogP contribution in [0, 0.1) is 12.7 Å². The van der Waals surface area contributed by atoms with Crippen molar-refractivity contribution in [3.05, 3.63) is 66.4 Å². The number of hydrogen-bond donors (Lipinski definition) is 0. The van der Waals surface area contributed by atoms with Gasteiger partial charge in [-0.2, -0.15) is 0 Å². The molecule has 2 aromatic heterocycles. The summed E-state index contributed by atoms with van der Waals surface area (Å²) in [5, 5.41) is 2.98. The number of rotatable bonds is 2. The molecule has 28 heavy (non-hydrogen) atoms. The van der Waals surface area contributed by atoms with Crippen molar-refractivity contribution in [2.45, 2.75) is 6.92 Å². The first-order valence-electron chi connectivity index (χ1n) is 9.69. The highest BCUT2D eigenvalue weighted by Crippen LogP contribution is 2.33. The van der Waals surface area contributed by atoms with Gasteiger partial charge in [0.25, 0.3) is 0 Å². The molecule has 0 aliphatic carbocycles. The number of fused-ring (bicyclic) bond motifs is 2. The molecule has 1 aliphatic rings. The average molecular weight is 374 g/mol. The van der Waals surface area contributed by atoms with Gasteiger partial charge in [0, 0.05) is 66.9 Å². The van der Waals surface area contributed by atoms with Crippen LogP contribution in [-0.4, -0.2) is 47.7 Å². The van der Waals surface area contributed by atoms with Gasteiger partial charge < -0.3 is 14.4 Å². The molecule has 0 saturated carbocycles. The van der Waals surface area contributed by atoms with E-state index in [1.54, 1.807) is 6.07 Å². The monoisotopic (exact) mass is 374 g/mol. The summed E-state index contributed by atoms with van der Waals surface area (Å²) in [6, 6.07) is 11.7. The van der Waals surface area contributed by atoms with Crippen molar-refractivity contribution in [3.8, 4) is 5.69 Å². The van der Waals surface area contributed by atoms with Gasteiger partial charge in [0.15, 0.2) is 0 Å². The van der Waals surface area contributed by atoms with Crippen molar-refractivity contribution in [3.63, 3.8) is 0 Å². The Morgan fingerprint density at radius 3 is 2.61 bits per heavy atom. The zero-order chi connectivity index (χ0) is 19.3. The van der Waals surface area contributed by atoms with Crippen molar-refractivity contribution < 1.29 is 4.39 Å². The van der Waals surface area contributed by atoms with Gasteiger partial charge in [-0.25, -0.2) is 4.39 Å². The number of benzene rings is 2. The maximum absolute atomic E-state index is 14.3. The molecule has 0 unspecified atom stereocenters. The molecule has 0 atom stereocenters. The van der Waals surface area contributed by atoms with Gasteiger partial charge in [-0.3, -0.25) is 4.98 Å². The Hall–Kier alpha value is -2.92.